The molecule has 0 saturated carbocycles. The van der Waals surface area contributed by atoms with Gasteiger partial charge in [-0.15, -0.1) is 0 Å². The molecule has 1 unspecified atom stereocenters. The Morgan fingerprint density at radius 1 is 1.57 bits per heavy atom. The van der Waals surface area contributed by atoms with Crippen LogP contribution >= 0.6 is 0 Å². The van der Waals surface area contributed by atoms with Crippen molar-refractivity contribution in [2.75, 3.05) is 37.6 Å². The number of methoxy groups -OCH3 is 1. The average molecular weight is 298 g/mol. The van der Waals surface area contributed by atoms with Crippen LogP contribution in [-0.2, 0) is 9.47 Å². The van der Waals surface area contributed by atoms with Gasteiger partial charge in [0.15, 0.2) is 0 Å². The Morgan fingerprint density at radius 2 is 2.33 bits per heavy atom. The molecule has 1 fully saturated rings. The zero-order chi connectivity index (χ0) is 15.5. The first kappa shape index (κ1) is 15.4. The molecule has 1 aromatic rings. The second kappa shape index (κ2) is 6.16. The smallest absolute Gasteiger partial charge is 0.332 e. The lowest BCUT2D eigenvalue weighted by Gasteiger charge is -2.26. The van der Waals surface area contributed by atoms with Crippen LogP contribution in [0, 0.1) is 17.0 Å². The van der Waals surface area contributed by atoms with E-state index >= 15 is 0 Å². The van der Waals surface area contributed by atoms with Crippen LogP contribution in [0.4, 0.5) is 17.5 Å². The summed E-state index contributed by atoms with van der Waals surface area (Å²) >= 11 is 0. The van der Waals surface area contributed by atoms with Crippen molar-refractivity contribution in [3.8, 4) is 0 Å². The Morgan fingerprint density at radius 3 is 2.86 bits per heavy atom. The molecule has 1 aromatic heterocycles. The minimum Gasteiger partial charge on any atom is -0.378 e. The third kappa shape index (κ3) is 3.17. The van der Waals surface area contributed by atoms with Crippen molar-refractivity contribution >= 4 is 17.5 Å². The lowest BCUT2D eigenvalue weighted by molar-refractivity contribution is -0.385. The van der Waals surface area contributed by atoms with Crippen molar-refractivity contribution in [3.63, 3.8) is 0 Å². The average Bonchev–Trinajstić information content (AvgIpc) is 2.93. The highest BCUT2D eigenvalue weighted by Gasteiger charge is 2.35. The molecule has 0 amide bonds. The number of aromatic nitrogens is 2. The van der Waals surface area contributed by atoms with Crippen LogP contribution in [0.1, 0.15) is 12.1 Å². The van der Waals surface area contributed by atoms with Crippen molar-refractivity contribution in [1.29, 1.82) is 0 Å². The van der Waals surface area contributed by atoms with E-state index in [-0.39, 0.29) is 23.1 Å². The molecule has 0 aliphatic carbocycles. The van der Waals surface area contributed by atoms with Gasteiger partial charge in [-0.25, -0.2) is 10.8 Å². The van der Waals surface area contributed by atoms with Gasteiger partial charge >= 0.3 is 5.69 Å². The van der Waals surface area contributed by atoms with E-state index in [1.165, 1.54) is 6.92 Å². The monoisotopic (exact) mass is 298 g/mol. The van der Waals surface area contributed by atoms with Crippen molar-refractivity contribution in [1.82, 2.24) is 9.97 Å². The summed E-state index contributed by atoms with van der Waals surface area (Å²) in [6.45, 7) is 2.88. The van der Waals surface area contributed by atoms with E-state index in [1.807, 2.05) is 0 Å². The van der Waals surface area contributed by atoms with Gasteiger partial charge in [0.1, 0.15) is 11.3 Å². The molecule has 2 rings (SSSR count). The summed E-state index contributed by atoms with van der Waals surface area (Å²) in [5, 5.41) is 14.1. The first-order chi connectivity index (χ1) is 10.0. The zero-order valence-electron chi connectivity index (χ0n) is 11.9. The van der Waals surface area contributed by atoms with Crippen LogP contribution in [0.3, 0.4) is 0 Å². The maximum absolute atomic E-state index is 11.2. The van der Waals surface area contributed by atoms with Gasteiger partial charge in [-0.3, -0.25) is 15.5 Å². The predicted octanol–water partition coefficient (Wildman–Crippen LogP) is 0.196. The predicted molar refractivity (Wildman–Crippen MR) is 74.9 cm³/mol. The van der Waals surface area contributed by atoms with Crippen molar-refractivity contribution in [2.45, 2.75) is 18.9 Å². The number of nitrogens with one attached hydrogen (secondary N) is 2. The SMILES string of the molecule is COC1(CNc2nc(NN)nc(C)c2[N+](=O)[O-])CCOC1. The number of ether oxygens (including phenoxy) is 2. The molecule has 4 N–H and O–H groups in total. The fourth-order valence-electron chi connectivity index (χ4n) is 2.18. The van der Waals surface area contributed by atoms with E-state index in [2.05, 4.69) is 20.7 Å². The molecule has 21 heavy (non-hydrogen) atoms. The standard InChI is InChI=1S/C11H18N6O4/c1-7-8(17(18)19)9(15-10(14-7)16-12)13-5-11(20-2)3-4-21-6-11/h3-6,12H2,1-2H3,(H2,13,14,15,16). The minimum absolute atomic E-state index is 0.101. The van der Waals surface area contributed by atoms with Gasteiger partial charge in [0, 0.05) is 26.7 Å². The summed E-state index contributed by atoms with van der Waals surface area (Å²) < 4.78 is 10.8. The van der Waals surface area contributed by atoms with E-state index in [9.17, 15) is 10.1 Å². The molecule has 10 nitrogen and oxygen atoms in total. The third-order valence-electron chi connectivity index (χ3n) is 3.45. The fraction of sp³-hybridized carbons (Fsp3) is 0.636. The fourth-order valence-corrected chi connectivity index (χ4v) is 2.18. The molecule has 1 atom stereocenters. The molecule has 0 spiro atoms. The van der Waals surface area contributed by atoms with Gasteiger partial charge in [-0.05, 0) is 6.92 Å². The van der Waals surface area contributed by atoms with Gasteiger partial charge in [-0.2, -0.15) is 4.98 Å². The summed E-state index contributed by atoms with van der Waals surface area (Å²) in [6.07, 6.45) is 0.705. The highest BCUT2D eigenvalue weighted by Crippen LogP contribution is 2.28. The molecule has 1 saturated heterocycles. The van der Waals surface area contributed by atoms with Gasteiger partial charge < -0.3 is 14.8 Å². The van der Waals surface area contributed by atoms with Crippen LogP contribution in [0.2, 0.25) is 0 Å². The molecule has 116 valence electrons. The van der Waals surface area contributed by atoms with Gasteiger partial charge in [0.2, 0.25) is 11.8 Å². The first-order valence-corrected chi connectivity index (χ1v) is 6.38. The van der Waals surface area contributed by atoms with E-state index in [1.54, 1.807) is 7.11 Å². The molecule has 0 radical (unpaired) electrons. The Labute approximate surface area is 121 Å². The molecular formula is C11H18N6O4. The largest absolute Gasteiger partial charge is 0.378 e. The van der Waals surface area contributed by atoms with E-state index in [4.69, 9.17) is 15.3 Å². The quantitative estimate of drug-likeness (QED) is 0.382. The van der Waals surface area contributed by atoms with Gasteiger partial charge in [-0.1, -0.05) is 0 Å². The van der Waals surface area contributed by atoms with Crippen LogP contribution in [-0.4, -0.2) is 47.4 Å². The van der Waals surface area contributed by atoms with Crippen molar-refractivity contribution < 1.29 is 14.4 Å². The molecule has 0 aromatic carbocycles. The zero-order valence-corrected chi connectivity index (χ0v) is 11.9. The normalized spacial score (nSPS) is 21.3. The number of nitrogens with two attached hydrogens (primary N) is 1. The first-order valence-electron chi connectivity index (χ1n) is 6.38. The molecule has 0 bridgehead atoms. The molecule has 10 heteroatoms. The van der Waals surface area contributed by atoms with Crippen LogP contribution in [0.5, 0.6) is 0 Å². The summed E-state index contributed by atoms with van der Waals surface area (Å²) in [6, 6.07) is 0. The number of anilines is 2. The maximum Gasteiger partial charge on any atom is 0.332 e. The number of aryl methyl sites for hydroxylation is 1. The van der Waals surface area contributed by atoms with E-state index in [0.29, 0.717) is 26.2 Å². The number of nitrogen functional groups attached to an aromatic ring is 1. The Kier molecular flexibility index (Phi) is 4.50. The lowest BCUT2D eigenvalue weighted by Crippen LogP contribution is -2.40. The molecular weight excluding hydrogens is 280 g/mol. The van der Waals surface area contributed by atoms with Gasteiger partial charge in [0.25, 0.3) is 0 Å². The van der Waals surface area contributed by atoms with E-state index < -0.39 is 10.5 Å². The Hall–Kier alpha value is -2.04. The lowest BCUT2D eigenvalue weighted by atomic mass is 10.0. The number of nitro groups is 1. The van der Waals surface area contributed by atoms with Crippen LogP contribution < -0.4 is 16.6 Å². The van der Waals surface area contributed by atoms with Crippen molar-refractivity contribution in [2.24, 2.45) is 5.84 Å². The Bertz CT molecular complexity index is 532. The van der Waals surface area contributed by atoms with E-state index in [0.717, 1.165) is 0 Å². The topological polar surface area (TPSA) is 137 Å². The number of hydrogen-bond acceptors (Lipinski definition) is 9. The second-order valence-corrected chi connectivity index (χ2v) is 4.77. The maximum atomic E-state index is 11.2. The minimum atomic E-state index is -0.525. The second-order valence-electron chi connectivity index (χ2n) is 4.77. The highest BCUT2D eigenvalue weighted by molar-refractivity contribution is 5.60. The van der Waals surface area contributed by atoms with Crippen LogP contribution in [0.15, 0.2) is 0 Å². The number of nitrogens with zero attached hydrogens (tertiary/aromatic N) is 3. The number of rotatable bonds is 6. The molecule has 1 aliphatic rings. The third-order valence-corrected chi connectivity index (χ3v) is 3.45. The summed E-state index contributed by atoms with van der Waals surface area (Å²) in [7, 11) is 1.59. The summed E-state index contributed by atoms with van der Waals surface area (Å²) in [5.41, 5.74) is 1.81. The van der Waals surface area contributed by atoms with Crippen LogP contribution in [0.25, 0.3) is 0 Å². The summed E-state index contributed by atoms with van der Waals surface area (Å²) in [4.78, 5) is 18.5. The molecule has 2 heterocycles. The Balaban J connectivity index is 2.25. The highest BCUT2D eigenvalue weighted by atomic mass is 16.6. The van der Waals surface area contributed by atoms with Gasteiger partial charge in [0.05, 0.1) is 11.5 Å². The van der Waals surface area contributed by atoms with Crippen molar-refractivity contribution in [3.05, 3.63) is 15.8 Å². The molecule has 1 aliphatic heterocycles. The summed E-state index contributed by atoms with van der Waals surface area (Å²) in [5.74, 6) is 5.47. The number of hydrazine groups is 1. The number of hydrogen-bond donors (Lipinski definition) is 3.